The molecule has 1 aromatic rings. The zero-order valence-corrected chi connectivity index (χ0v) is 11.4. The SMILES string of the molecule is CSc1ccccc1NC(=O)[C@H](N)CC(C)C. The van der Waals surface area contributed by atoms with Crippen molar-refractivity contribution in [2.45, 2.75) is 31.2 Å². The fraction of sp³-hybridized carbons (Fsp3) is 0.462. The fourth-order valence-electron chi connectivity index (χ4n) is 1.59. The highest BCUT2D eigenvalue weighted by Gasteiger charge is 2.15. The van der Waals surface area contributed by atoms with E-state index < -0.39 is 6.04 Å². The predicted octanol–water partition coefficient (Wildman–Crippen LogP) is 2.72. The third-order valence-corrected chi connectivity index (χ3v) is 3.22. The second kappa shape index (κ2) is 6.67. The smallest absolute Gasteiger partial charge is 0.241 e. The molecule has 0 fully saturated rings. The molecule has 17 heavy (non-hydrogen) atoms. The lowest BCUT2D eigenvalue weighted by Gasteiger charge is -2.15. The molecule has 1 rings (SSSR count). The second-order valence-electron chi connectivity index (χ2n) is 4.43. The third kappa shape index (κ3) is 4.40. The molecular formula is C13H20N2OS. The van der Waals surface area contributed by atoms with Crippen molar-refractivity contribution in [2.24, 2.45) is 11.7 Å². The van der Waals surface area contributed by atoms with Gasteiger partial charge in [0.25, 0.3) is 0 Å². The van der Waals surface area contributed by atoms with Gasteiger partial charge in [-0.3, -0.25) is 4.79 Å². The zero-order valence-electron chi connectivity index (χ0n) is 10.6. The van der Waals surface area contributed by atoms with Crippen molar-refractivity contribution < 1.29 is 4.79 Å². The van der Waals surface area contributed by atoms with Crippen molar-refractivity contribution >= 4 is 23.4 Å². The first-order chi connectivity index (χ1) is 8.04. The van der Waals surface area contributed by atoms with Gasteiger partial charge in [-0.1, -0.05) is 26.0 Å². The highest BCUT2D eigenvalue weighted by atomic mass is 32.2. The molecular weight excluding hydrogens is 232 g/mol. The lowest BCUT2D eigenvalue weighted by atomic mass is 10.0. The van der Waals surface area contributed by atoms with Gasteiger partial charge in [-0.25, -0.2) is 0 Å². The molecule has 3 nitrogen and oxygen atoms in total. The largest absolute Gasteiger partial charge is 0.324 e. The lowest BCUT2D eigenvalue weighted by Crippen LogP contribution is -2.36. The van der Waals surface area contributed by atoms with Gasteiger partial charge in [0.15, 0.2) is 0 Å². The van der Waals surface area contributed by atoms with Crippen LogP contribution in [-0.2, 0) is 4.79 Å². The van der Waals surface area contributed by atoms with E-state index in [9.17, 15) is 4.79 Å². The van der Waals surface area contributed by atoms with E-state index in [2.05, 4.69) is 19.2 Å². The quantitative estimate of drug-likeness (QED) is 0.792. The summed E-state index contributed by atoms with van der Waals surface area (Å²) in [5.74, 6) is 0.312. The Labute approximate surface area is 107 Å². The number of benzene rings is 1. The number of hydrogen-bond donors (Lipinski definition) is 2. The van der Waals surface area contributed by atoms with Crippen molar-refractivity contribution in [2.75, 3.05) is 11.6 Å². The highest BCUT2D eigenvalue weighted by molar-refractivity contribution is 7.98. The van der Waals surface area contributed by atoms with E-state index in [1.807, 2.05) is 30.5 Å². The van der Waals surface area contributed by atoms with Gasteiger partial charge >= 0.3 is 0 Å². The summed E-state index contributed by atoms with van der Waals surface area (Å²) in [4.78, 5) is 12.9. The first-order valence-electron chi connectivity index (χ1n) is 5.74. The van der Waals surface area contributed by atoms with Crippen LogP contribution in [0.4, 0.5) is 5.69 Å². The number of carbonyl (C=O) groups excluding carboxylic acids is 1. The number of amides is 1. The van der Waals surface area contributed by atoms with Crippen LogP contribution in [0, 0.1) is 5.92 Å². The Morgan fingerprint density at radius 3 is 2.65 bits per heavy atom. The predicted molar refractivity (Wildman–Crippen MR) is 74.3 cm³/mol. The van der Waals surface area contributed by atoms with Crippen LogP contribution in [0.25, 0.3) is 0 Å². The van der Waals surface area contributed by atoms with Crippen LogP contribution in [0.3, 0.4) is 0 Å². The zero-order chi connectivity index (χ0) is 12.8. The van der Waals surface area contributed by atoms with Crippen LogP contribution in [0.2, 0.25) is 0 Å². The number of para-hydroxylation sites is 1. The molecule has 1 amide bonds. The molecule has 1 atom stereocenters. The number of rotatable bonds is 5. The Bertz CT molecular complexity index is 379. The van der Waals surface area contributed by atoms with E-state index in [0.29, 0.717) is 12.3 Å². The Kier molecular flexibility index (Phi) is 5.51. The molecule has 0 spiro atoms. The number of carbonyl (C=O) groups is 1. The third-order valence-electron chi connectivity index (χ3n) is 2.43. The molecule has 0 unspecified atom stereocenters. The maximum Gasteiger partial charge on any atom is 0.241 e. The van der Waals surface area contributed by atoms with E-state index in [1.165, 1.54) is 0 Å². The molecule has 0 radical (unpaired) electrons. The van der Waals surface area contributed by atoms with Crippen LogP contribution >= 0.6 is 11.8 Å². The van der Waals surface area contributed by atoms with Gasteiger partial charge in [-0.2, -0.15) is 0 Å². The average molecular weight is 252 g/mol. The molecule has 4 heteroatoms. The van der Waals surface area contributed by atoms with Gasteiger partial charge in [-0.05, 0) is 30.7 Å². The molecule has 0 saturated heterocycles. The normalized spacial score (nSPS) is 12.5. The van der Waals surface area contributed by atoms with Gasteiger partial charge < -0.3 is 11.1 Å². The van der Waals surface area contributed by atoms with E-state index in [0.717, 1.165) is 10.6 Å². The van der Waals surface area contributed by atoms with E-state index >= 15 is 0 Å². The molecule has 1 aromatic carbocycles. The number of thioether (sulfide) groups is 1. The van der Waals surface area contributed by atoms with Crippen LogP contribution in [-0.4, -0.2) is 18.2 Å². The molecule has 0 heterocycles. The van der Waals surface area contributed by atoms with Crippen LogP contribution in [0.5, 0.6) is 0 Å². The molecule has 0 saturated carbocycles. The van der Waals surface area contributed by atoms with E-state index in [-0.39, 0.29) is 5.91 Å². The summed E-state index contributed by atoms with van der Waals surface area (Å²) >= 11 is 1.61. The van der Waals surface area contributed by atoms with Crippen molar-refractivity contribution in [1.82, 2.24) is 0 Å². The Balaban J connectivity index is 2.67. The summed E-state index contributed by atoms with van der Waals surface area (Å²) in [5.41, 5.74) is 6.68. The molecule has 3 N–H and O–H groups in total. The van der Waals surface area contributed by atoms with Crippen LogP contribution in [0.1, 0.15) is 20.3 Å². The van der Waals surface area contributed by atoms with Gasteiger partial charge in [0.05, 0.1) is 11.7 Å². The minimum Gasteiger partial charge on any atom is -0.324 e. The number of hydrogen-bond acceptors (Lipinski definition) is 3. The molecule has 0 aromatic heterocycles. The Hall–Kier alpha value is -1.00. The number of nitrogens with two attached hydrogens (primary N) is 1. The van der Waals surface area contributed by atoms with Gasteiger partial charge in [0.1, 0.15) is 0 Å². The summed E-state index contributed by atoms with van der Waals surface area (Å²) < 4.78 is 0. The van der Waals surface area contributed by atoms with Crippen molar-refractivity contribution in [3.63, 3.8) is 0 Å². The fourth-order valence-corrected chi connectivity index (χ4v) is 2.14. The number of anilines is 1. The van der Waals surface area contributed by atoms with Crippen molar-refractivity contribution in [1.29, 1.82) is 0 Å². The minimum absolute atomic E-state index is 0.111. The highest BCUT2D eigenvalue weighted by Crippen LogP contribution is 2.24. The molecule has 0 aliphatic carbocycles. The Morgan fingerprint density at radius 2 is 2.06 bits per heavy atom. The molecule has 0 aliphatic rings. The van der Waals surface area contributed by atoms with E-state index in [1.54, 1.807) is 11.8 Å². The van der Waals surface area contributed by atoms with Gasteiger partial charge in [-0.15, -0.1) is 11.8 Å². The minimum atomic E-state index is -0.440. The van der Waals surface area contributed by atoms with Gasteiger partial charge in [0, 0.05) is 4.90 Å². The monoisotopic (exact) mass is 252 g/mol. The summed E-state index contributed by atoms with van der Waals surface area (Å²) in [7, 11) is 0. The second-order valence-corrected chi connectivity index (χ2v) is 5.27. The summed E-state index contributed by atoms with van der Waals surface area (Å²) in [6.07, 6.45) is 2.69. The first kappa shape index (κ1) is 14.1. The Morgan fingerprint density at radius 1 is 1.41 bits per heavy atom. The first-order valence-corrected chi connectivity index (χ1v) is 6.96. The van der Waals surface area contributed by atoms with Crippen LogP contribution < -0.4 is 11.1 Å². The van der Waals surface area contributed by atoms with Crippen molar-refractivity contribution in [3.05, 3.63) is 24.3 Å². The lowest BCUT2D eigenvalue weighted by molar-refractivity contribution is -0.117. The average Bonchev–Trinajstić information content (AvgIpc) is 2.28. The standard InChI is InChI=1S/C13H20N2OS/c1-9(2)8-10(14)13(16)15-11-6-4-5-7-12(11)17-3/h4-7,9-10H,8,14H2,1-3H3,(H,15,16)/t10-/m1/s1. The molecule has 0 aliphatic heterocycles. The van der Waals surface area contributed by atoms with Crippen molar-refractivity contribution in [3.8, 4) is 0 Å². The molecule has 94 valence electrons. The maximum atomic E-state index is 11.9. The topological polar surface area (TPSA) is 55.1 Å². The maximum absolute atomic E-state index is 11.9. The van der Waals surface area contributed by atoms with Gasteiger partial charge in [0.2, 0.25) is 5.91 Å². The summed E-state index contributed by atoms with van der Waals surface area (Å²) in [6.45, 7) is 4.12. The van der Waals surface area contributed by atoms with E-state index in [4.69, 9.17) is 5.73 Å². The van der Waals surface area contributed by atoms with Crippen LogP contribution in [0.15, 0.2) is 29.2 Å². The summed E-state index contributed by atoms with van der Waals surface area (Å²) in [5, 5.41) is 2.88. The number of nitrogens with one attached hydrogen (secondary N) is 1. The molecule has 0 bridgehead atoms. The summed E-state index contributed by atoms with van der Waals surface area (Å²) in [6, 6.07) is 7.30.